The van der Waals surface area contributed by atoms with Crippen LogP contribution in [-0.2, 0) is 19.2 Å². The molecular formula is C9H8N2O4. The second kappa shape index (κ2) is 3.30. The molecule has 6 heteroatoms. The van der Waals surface area contributed by atoms with Gasteiger partial charge >= 0.3 is 0 Å². The quantitative estimate of drug-likeness (QED) is 0.546. The minimum atomic E-state index is -0.493. The van der Waals surface area contributed by atoms with Crippen LogP contribution in [0.4, 0.5) is 0 Å². The van der Waals surface area contributed by atoms with Gasteiger partial charge in [0.2, 0.25) is 11.8 Å². The number of rotatable bonds is 2. The third-order valence-corrected chi connectivity index (χ3v) is 2.34. The highest BCUT2D eigenvalue weighted by Crippen LogP contribution is 2.14. The lowest BCUT2D eigenvalue weighted by Crippen LogP contribution is -2.43. The predicted octanol–water partition coefficient (Wildman–Crippen LogP) is -0.982. The second-order valence-electron chi connectivity index (χ2n) is 3.29. The lowest BCUT2D eigenvalue weighted by atomic mass is 10.4. The minimum Gasteiger partial charge on any atom is -0.274 e. The van der Waals surface area contributed by atoms with Crippen molar-refractivity contribution in [3.05, 3.63) is 12.2 Å². The van der Waals surface area contributed by atoms with E-state index in [4.69, 9.17) is 0 Å². The molecule has 0 unspecified atom stereocenters. The Kier molecular flexibility index (Phi) is 2.11. The number of imide groups is 2. The van der Waals surface area contributed by atoms with E-state index in [1.54, 1.807) is 0 Å². The zero-order chi connectivity index (χ0) is 11.0. The van der Waals surface area contributed by atoms with Crippen molar-refractivity contribution in [3.63, 3.8) is 0 Å². The summed E-state index contributed by atoms with van der Waals surface area (Å²) in [6, 6.07) is 0. The molecule has 2 heterocycles. The van der Waals surface area contributed by atoms with E-state index in [0.29, 0.717) is 0 Å². The summed E-state index contributed by atoms with van der Waals surface area (Å²) >= 11 is 0. The first kappa shape index (κ1) is 9.57. The molecule has 0 saturated carbocycles. The first-order valence-electron chi connectivity index (χ1n) is 4.46. The Morgan fingerprint density at radius 3 is 1.80 bits per heavy atom. The SMILES string of the molecule is O=C1C=CC(=O)N1CN1C(=O)CCC1=O. The van der Waals surface area contributed by atoms with Crippen molar-refractivity contribution >= 4 is 23.6 Å². The van der Waals surface area contributed by atoms with Crippen LogP contribution in [0.1, 0.15) is 12.8 Å². The van der Waals surface area contributed by atoms with Crippen molar-refractivity contribution in [2.75, 3.05) is 6.67 Å². The molecule has 0 radical (unpaired) electrons. The maximum atomic E-state index is 11.2. The largest absolute Gasteiger partial charge is 0.274 e. The average Bonchev–Trinajstić information content (AvgIpc) is 2.67. The van der Waals surface area contributed by atoms with E-state index in [1.807, 2.05) is 0 Å². The highest BCUT2D eigenvalue weighted by atomic mass is 16.2. The van der Waals surface area contributed by atoms with E-state index in [-0.39, 0.29) is 31.3 Å². The number of nitrogens with zero attached hydrogens (tertiary/aromatic N) is 2. The smallest absolute Gasteiger partial charge is 0.255 e. The van der Waals surface area contributed by atoms with Crippen LogP contribution >= 0.6 is 0 Å². The van der Waals surface area contributed by atoms with Crippen LogP contribution in [0.15, 0.2) is 12.2 Å². The van der Waals surface area contributed by atoms with Gasteiger partial charge in [0.05, 0.1) is 0 Å². The molecule has 0 atom stereocenters. The normalized spacial score (nSPS) is 21.1. The van der Waals surface area contributed by atoms with Crippen LogP contribution in [0.5, 0.6) is 0 Å². The van der Waals surface area contributed by atoms with Gasteiger partial charge < -0.3 is 0 Å². The molecule has 15 heavy (non-hydrogen) atoms. The van der Waals surface area contributed by atoms with Gasteiger partial charge in [0.1, 0.15) is 6.67 Å². The molecule has 0 N–H and O–H groups in total. The van der Waals surface area contributed by atoms with E-state index < -0.39 is 11.8 Å². The van der Waals surface area contributed by atoms with Crippen LogP contribution in [-0.4, -0.2) is 40.1 Å². The first-order chi connectivity index (χ1) is 7.09. The Hall–Kier alpha value is -1.98. The number of likely N-dealkylation sites (tertiary alicyclic amines) is 1. The Balaban J connectivity index is 2.09. The maximum Gasteiger partial charge on any atom is 0.255 e. The maximum absolute atomic E-state index is 11.2. The van der Waals surface area contributed by atoms with Crippen molar-refractivity contribution in [3.8, 4) is 0 Å². The highest BCUT2D eigenvalue weighted by Gasteiger charge is 2.34. The summed E-state index contributed by atoms with van der Waals surface area (Å²) in [5.41, 5.74) is 0. The van der Waals surface area contributed by atoms with E-state index in [1.165, 1.54) is 0 Å². The summed E-state index contributed by atoms with van der Waals surface area (Å²) in [5.74, 6) is -1.67. The summed E-state index contributed by atoms with van der Waals surface area (Å²) in [6.07, 6.45) is 2.55. The number of carbonyl (C=O) groups excluding carboxylic acids is 4. The van der Waals surface area contributed by atoms with Gasteiger partial charge in [-0.1, -0.05) is 0 Å². The lowest BCUT2D eigenvalue weighted by Gasteiger charge is -2.20. The Morgan fingerprint density at radius 1 is 0.867 bits per heavy atom. The van der Waals surface area contributed by atoms with Crippen molar-refractivity contribution in [2.45, 2.75) is 12.8 Å². The molecule has 1 saturated heterocycles. The van der Waals surface area contributed by atoms with E-state index in [0.717, 1.165) is 22.0 Å². The molecule has 0 aromatic rings. The van der Waals surface area contributed by atoms with Gasteiger partial charge in [-0.15, -0.1) is 0 Å². The third kappa shape index (κ3) is 1.54. The highest BCUT2D eigenvalue weighted by molar-refractivity contribution is 6.13. The fourth-order valence-corrected chi connectivity index (χ4v) is 1.49. The fraction of sp³-hybridized carbons (Fsp3) is 0.333. The van der Waals surface area contributed by atoms with Gasteiger partial charge in [0, 0.05) is 25.0 Å². The molecule has 2 aliphatic heterocycles. The molecule has 78 valence electrons. The van der Waals surface area contributed by atoms with Gasteiger partial charge in [-0.05, 0) is 0 Å². The molecule has 0 aliphatic carbocycles. The standard InChI is InChI=1S/C9H8N2O4/c12-6-1-2-7(13)10(6)5-11-8(14)3-4-9(11)15/h1-2H,3-5H2. The molecule has 2 rings (SSSR count). The number of hydrogen-bond acceptors (Lipinski definition) is 4. The Morgan fingerprint density at radius 2 is 1.33 bits per heavy atom. The molecule has 4 amide bonds. The van der Waals surface area contributed by atoms with Crippen molar-refractivity contribution < 1.29 is 19.2 Å². The number of hydrogen-bond donors (Lipinski definition) is 0. The Labute approximate surface area is 85.1 Å². The van der Waals surface area contributed by atoms with Crippen LogP contribution in [0.3, 0.4) is 0 Å². The van der Waals surface area contributed by atoms with Crippen molar-refractivity contribution in [1.82, 2.24) is 9.80 Å². The van der Waals surface area contributed by atoms with E-state index >= 15 is 0 Å². The molecule has 6 nitrogen and oxygen atoms in total. The zero-order valence-electron chi connectivity index (χ0n) is 7.80. The van der Waals surface area contributed by atoms with Crippen molar-refractivity contribution in [2.24, 2.45) is 0 Å². The molecule has 0 spiro atoms. The Bertz CT molecular complexity index is 365. The van der Waals surface area contributed by atoms with E-state index in [9.17, 15) is 19.2 Å². The summed E-state index contributed by atoms with van der Waals surface area (Å²) in [5, 5.41) is 0. The van der Waals surface area contributed by atoms with Crippen LogP contribution in [0.2, 0.25) is 0 Å². The lowest BCUT2D eigenvalue weighted by molar-refractivity contribution is -0.146. The predicted molar refractivity (Wildman–Crippen MR) is 46.9 cm³/mol. The van der Waals surface area contributed by atoms with Crippen LogP contribution < -0.4 is 0 Å². The number of amides is 4. The van der Waals surface area contributed by atoms with Gasteiger partial charge in [-0.25, -0.2) is 0 Å². The van der Waals surface area contributed by atoms with Gasteiger partial charge in [0.25, 0.3) is 11.8 Å². The summed E-state index contributed by atoms with van der Waals surface area (Å²) < 4.78 is 0. The monoisotopic (exact) mass is 208 g/mol. The van der Waals surface area contributed by atoms with E-state index in [2.05, 4.69) is 0 Å². The average molecular weight is 208 g/mol. The minimum absolute atomic E-state index is 0.155. The first-order valence-corrected chi connectivity index (χ1v) is 4.46. The molecule has 1 fully saturated rings. The molecule has 0 bridgehead atoms. The molecule has 0 aromatic carbocycles. The summed E-state index contributed by atoms with van der Waals surface area (Å²) in [4.78, 5) is 46.5. The van der Waals surface area contributed by atoms with Gasteiger partial charge in [-0.3, -0.25) is 29.0 Å². The van der Waals surface area contributed by atoms with Gasteiger partial charge in [-0.2, -0.15) is 0 Å². The van der Waals surface area contributed by atoms with Crippen LogP contribution in [0, 0.1) is 0 Å². The fourth-order valence-electron chi connectivity index (χ4n) is 1.49. The zero-order valence-corrected chi connectivity index (χ0v) is 7.80. The summed E-state index contributed by atoms with van der Waals surface area (Å²) in [6.45, 7) is -0.262. The molecular weight excluding hydrogens is 200 g/mol. The topological polar surface area (TPSA) is 74.8 Å². The molecule has 0 aromatic heterocycles. The third-order valence-electron chi connectivity index (χ3n) is 2.34. The molecule has 2 aliphatic rings. The van der Waals surface area contributed by atoms with Crippen LogP contribution in [0.25, 0.3) is 0 Å². The second-order valence-corrected chi connectivity index (χ2v) is 3.29. The number of carbonyl (C=O) groups is 4. The summed E-state index contributed by atoms with van der Waals surface area (Å²) in [7, 11) is 0. The van der Waals surface area contributed by atoms with Crippen molar-refractivity contribution in [1.29, 1.82) is 0 Å². The van der Waals surface area contributed by atoms with Gasteiger partial charge in [0.15, 0.2) is 0 Å².